The summed E-state index contributed by atoms with van der Waals surface area (Å²) in [5.41, 5.74) is 0.564. The van der Waals surface area contributed by atoms with E-state index in [4.69, 9.17) is 0 Å². The van der Waals surface area contributed by atoms with Gasteiger partial charge in [0.2, 0.25) is 5.91 Å². The van der Waals surface area contributed by atoms with Crippen molar-refractivity contribution in [3.8, 4) is 0 Å². The van der Waals surface area contributed by atoms with Crippen LogP contribution in [0, 0.1) is 17.6 Å². The second kappa shape index (κ2) is 6.83. The van der Waals surface area contributed by atoms with Gasteiger partial charge in [0.25, 0.3) is 0 Å². The maximum atomic E-state index is 13.3. The minimum atomic E-state index is -0.559. The monoisotopic (exact) mass is 323 g/mol. The number of hydrogen-bond acceptors (Lipinski definition) is 3. The molecule has 1 aromatic carbocycles. The molecule has 6 heteroatoms. The van der Waals surface area contributed by atoms with Gasteiger partial charge in [-0.15, -0.1) is 0 Å². The van der Waals surface area contributed by atoms with E-state index < -0.39 is 11.6 Å². The third-order valence-electron chi connectivity index (χ3n) is 4.67. The number of carbonyl (C=O) groups is 1. The number of benzene rings is 1. The molecule has 0 aromatic heterocycles. The second-order valence-electron chi connectivity index (χ2n) is 6.58. The first-order chi connectivity index (χ1) is 11.0. The molecule has 1 aliphatic heterocycles. The third kappa shape index (κ3) is 4.41. The molecule has 1 heterocycles. The molecule has 23 heavy (non-hydrogen) atoms. The first kappa shape index (κ1) is 16.2. The highest BCUT2D eigenvalue weighted by molar-refractivity contribution is 5.78. The summed E-state index contributed by atoms with van der Waals surface area (Å²) in [5, 5.41) is 3.05. The average molecular weight is 323 g/mol. The molecule has 4 nitrogen and oxygen atoms in total. The summed E-state index contributed by atoms with van der Waals surface area (Å²) >= 11 is 0. The van der Waals surface area contributed by atoms with Gasteiger partial charge in [0, 0.05) is 44.0 Å². The number of amides is 1. The van der Waals surface area contributed by atoms with Gasteiger partial charge in [0.15, 0.2) is 0 Å². The first-order valence-corrected chi connectivity index (χ1v) is 8.24. The highest BCUT2D eigenvalue weighted by atomic mass is 19.1. The molecule has 1 aromatic rings. The molecule has 2 fully saturated rings. The minimum Gasteiger partial charge on any atom is -0.369 e. The summed E-state index contributed by atoms with van der Waals surface area (Å²) in [7, 11) is 0. The topological polar surface area (TPSA) is 35.6 Å². The second-order valence-corrected chi connectivity index (χ2v) is 6.58. The Morgan fingerprint density at radius 3 is 2.35 bits per heavy atom. The summed E-state index contributed by atoms with van der Waals surface area (Å²) in [6, 6.07) is 3.84. The molecule has 0 unspecified atom stereocenters. The van der Waals surface area contributed by atoms with Crippen LogP contribution in [-0.2, 0) is 4.79 Å². The normalized spacial score (nSPS) is 20.4. The van der Waals surface area contributed by atoms with E-state index in [9.17, 15) is 13.6 Å². The Bertz CT molecular complexity index is 549. The lowest BCUT2D eigenvalue weighted by Crippen LogP contribution is -2.50. The standard InChI is InChI=1S/C17H23F2N3O/c1-12(13-2-3-13)20-17(23)11-21-4-6-22(7-5-21)16-9-14(18)8-15(19)10-16/h8-10,12-13H,2-7,11H2,1H3,(H,20,23)/t12-/m0/s1. The zero-order valence-corrected chi connectivity index (χ0v) is 13.4. The fraction of sp³-hybridized carbons (Fsp3) is 0.588. The lowest BCUT2D eigenvalue weighted by Gasteiger charge is -2.35. The van der Waals surface area contributed by atoms with Crippen LogP contribution in [0.25, 0.3) is 0 Å². The van der Waals surface area contributed by atoms with Gasteiger partial charge in [-0.1, -0.05) is 0 Å². The lowest BCUT2D eigenvalue weighted by molar-refractivity contribution is -0.123. The Balaban J connectivity index is 1.47. The molecule has 2 aliphatic rings. The van der Waals surface area contributed by atoms with Crippen molar-refractivity contribution in [3.05, 3.63) is 29.8 Å². The summed E-state index contributed by atoms with van der Waals surface area (Å²) in [4.78, 5) is 16.1. The van der Waals surface area contributed by atoms with Crippen LogP contribution in [-0.4, -0.2) is 49.6 Å². The van der Waals surface area contributed by atoms with Crippen LogP contribution >= 0.6 is 0 Å². The fourth-order valence-electron chi connectivity index (χ4n) is 3.10. The number of piperazine rings is 1. The molecule has 1 amide bonds. The van der Waals surface area contributed by atoms with Crippen molar-refractivity contribution >= 4 is 11.6 Å². The maximum Gasteiger partial charge on any atom is 0.234 e. The summed E-state index contributed by atoms with van der Waals surface area (Å²) in [6.07, 6.45) is 2.43. The van der Waals surface area contributed by atoms with Gasteiger partial charge in [0.05, 0.1) is 6.54 Å². The molecule has 3 rings (SSSR count). The molecule has 1 saturated carbocycles. The van der Waals surface area contributed by atoms with Crippen molar-refractivity contribution in [2.24, 2.45) is 5.92 Å². The van der Waals surface area contributed by atoms with Crippen molar-refractivity contribution < 1.29 is 13.6 Å². The Morgan fingerprint density at radius 1 is 1.17 bits per heavy atom. The highest BCUT2D eigenvalue weighted by Crippen LogP contribution is 2.32. The van der Waals surface area contributed by atoms with Gasteiger partial charge in [-0.2, -0.15) is 0 Å². The number of halogens is 2. The Morgan fingerprint density at radius 2 is 1.78 bits per heavy atom. The van der Waals surface area contributed by atoms with Gasteiger partial charge >= 0.3 is 0 Å². The van der Waals surface area contributed by atoms with E-state index in [0.717, 1.165) is 6.07 Å². The van der Waals surface area contributed by atoms with Gasteiger partial charge < -0.3 is 10.2 Å². The lowest BCUT2D eigenvalue weighted by atomic mass is 10.2. The predicted molar refractivity (Wildman–Crippen MR) is 85.3 cm³/mol. The average Bonchev–Trinajstić information content (AvgIpc) is 3.31. The largest absolute Gasteiger partial charge is 0.369 e. The summed E-state index contributed by atoms with van der Waals surface area (Å²) in [6.45, 7) is 5.20. The van der Waals surface area contributed by atoms with E-state index in [0.29, 0.717) is 44.3 Å². The molecule has 1 N–H and O–H groups in total. The minimum absolute atomic E-state index is 0.0645. The molecular formula is C17H23F2N3O. The number of nitrogens with zero attached hydrogens (tertiary/aromatic N) is 2. The van der Waals surface area contributed by atoms with Crippen molar-refractivity contribution in [2.75, 3.05) is 37.6 Å². The van der Waals surface area contributed by atoms with Crippen molar-refractivity contribution in [3.63, 3.8) is 0 Å². The maximum absolute atomic E-state index is 13.3. The molecule has 1 saturated heterocycles. The SMILES string of the molecule is C[C@H](NC(=O)CN1CCN(c2cc(F)cc(F)c2)CC1)C1CC1. The van der Waals surface area contributed by atoms with Crippen LogP contribution in [0.15, 0.2) is 18.2 Å². The van der Waals surface area contributed by atoms with E-state index in [2.05, 4.69) is 17.1 Å². The van der Waals surface area contributed by atoms with E-state index in [-0.39, 0.29) is 11.9 Å². The Hall–Kier alpha value is -1.69. The van der Waals surface area contributed by atoms with E-state index >= 15 is 0 Å². The zero-order valence-electron chi connectivity index (χ0n) is 13.4. The van der Waals surface area contributed by atoms with Crippen LogP contribution in [0.3, 0.4) is 0 Å². The number of carbonyl (C=O) groups excluding carboxylic acids is 1. The van der Waals surface area contributed by atoms with Gasteiger partial charge in [-0.25, -0.2) is 8.78 Å². The van der Waals surface area contributed by atoms with Crippen LogP contribution in [0.5, 0.6) is 0 Å². The molecule has 0 bridgehead atoms. The third-order valence-corrected chi connectivity index (χ3v) is 4.67. The van der Waals surface area contributed by atoms with Crippen LogP contribution < -0.4 is 10.2 Å². The quantitative estimate of drug-likeness (QED) is 0.900. The fourth-order valence-corrected chi connectivity index (χ4v) is 3.10. The van der Waals surface area contributed by atoms with Crippen molar-refractivity contribution in [2.45, 2.75) is 25.8 Å². The van der Waals surface area contributed by atoms with Crippen LogP contribution in [0.2, 0.25) is 0 Å². The molecular weight excluding hydrogens is 300 g/mol. The highest BCUT2D eigenvalue weighted by Gasteiger charge is 2.29. The van der Waals surface area contributed by atoms with Crippen molar-refractivity contribution in [1.82, 2.24) is 10.2 Å². The number of hydrogen-bond donors (Lipinski definition) is 1. The van der Waals surface area contributed by atoms with Gasteiger partial charge in [-0.05, 0) is 37.8 Å². The van der Waals surface area contributed by atoms with E-state index in [1.807, 2.05) is 4.90 Å². The Labute approximate surface area is 135 Å². The smallest absolute Gasteiger partial charge is 0.234 e. The molecule has 1 atom stereocenters. The van der Waals surface area contributed by atoms with Crippen molar-refractivity contribution in [1.29, 1.82) is 0 Å². The molecule has 0 radical (unpaired) electrons. The van der Waals surface area contributed by atoms with Gasteiger partial charge in [0.1, 0.15) is 11.6 Å². The molecule has 0 spiro atoms. The van der Waals surface area contributed by atoms with Gasteiger partial charge in [-0.3, -0.25) is 9.69 Å². The van der Waals surface area contributed by atoms with Crippen LogP contribution in [0.4, 0.5) is 14.5 Å². The number of nitrogens with one attached hydrogen (secondary N) is 1. The van der Waals surface area contributed by atoms with E-state index in [1.54, 1.807) is 0 Å². The Kier molecular flexibility index (Phi) is 4.80. The van der Waals surface area contributed by atoms with Crippen LogP contribution in [0.1, 0.15) is 19.8 Å². The number of rotatable bonds is 5. The predicted octanol–water partition coefficient (Wildman–Crippen LogP) is 2.00. The van der Waals surface area contributed by atoms with E-state index in [1.165, 1.54) is 25.0 Å². The first-order valence-electron chi connectivity index (χ1n) is 8.24. The molecule has 1 aliphatic carbocycles. The summed E-state index contributed by atoms with van der Waals surface area (Å²) in [5.74, 6) is -0.403. The zero-order chi connectivity index (χ0) is 16.4. The number of anilines is 1. The summed E-state index contributed by atoms with van der Waals surface area (Å²) < 4.78 is 26.6. The molecule has 126 valence electrons.